The van der Waals surface area contributed by atoms with Gasteiger partial charge in [0.05, 0.1) is 5.71 Å². The molecule has 0 amide bonds. The first kappa shape index (κ1) is 9.52. The molecule has 0 spiro atoms. The van der Waals surface area contributed by atoms with Crippen molar-refractivity contribution < 1.29 is 10.3 Å². The van der Waals surface area contributed by atoms with Gasteiger partial charge in [0, 0.05) is 10.9 Å². The van der Waals surface area contributed by atoms with E-state index in [9.17, 15) is 5.11 Å². The minimum Gasteiger partial charge on any atom is -0.507 e. The van der Waals surface area contributed by atoms with Gasteiger partial charge in [-0.25, -0.2) is 0 Å². The lowest BCUT2D eigenvalue weighted by atomic mass is 10.0. The molecule has 3 heteroatoms. The van der Waals surface area contributed by atoms with Gasteiger partial charge < -0.3 is 10.3 Å². The highest BCUT2D eigenvalue weighted by Gasteiger charge is 2.08. The van der Waals surface area contributed by atoms with Gasteiger partial charge in [-0.05, 0) is 18.4 Å². The van der Waals surface area contributed by atoms with Crippen LogP contribution in [-0.2, 0) is 0 Å². The van der Waals surface area contributed by atoms with Crippen LogP contribution in [-0.4, -0.2) is 16.0 Å². The number of phenols is 1. The lowest BCUT2D eigenvalue weighted by Crippen LogP contribution is -1.95. The number of nitrogens with zero attached hydrogens (tertiary/aromatic N) is 1. The minimum absolute atomic E-state index is 0.156. The smallest absolute Gasteiger partial charge is 0.132 e. The van der Waals surface area contributed by atoms with Crippen LogP contribution in [0.15, 0.2) is 41.6 Å². The molecule has 0 unspecified atom stereocenters. The maximum atomic E-state index is 9.96. The summed E-state index contributed by atoms with van der Waals surface area (Å²) in [7, 11) is 0. The molecular formula is C12H11NO2. The number of rotatable bonds is 1. The van der Waals surface area contributed by atoms with Crippen molar-refractivity contribution in [3.8, 4) is 5.75 Å². The van der Waals surface area contributed by atoms with Crippen LogP contribution in [0.3, 0.4) is 0 Å². The fourth-order valence-corrected chi connectivity index (χ4v) is 1.60. The van der Waals surface area contributed by atoms with E-state index in [4.69, 9.17) is 5.21 Å². The van der Waals surface area contributed by atoms with Gasteiger partial charge >= 0.3 is 0 Å². The van der Waals surface area contributed by atoms with E-state index in [1.807, 2.05) is 30.3 Å². The van der Waals surface area contributed by atoms with Gasteiger partial charge in [-0.2, -0.15) is 0 Å². The molecule has 0 heterocycles. The molecule has 2 rings (SSSR count). The van der Waals surface area contributed by atoms with Crippen molar-refractivity contribution in [3.05, 3.63) is 42.0 Å². The van der Waals surface area contributed by atoms with Gasteiger partial charge in [-0.3, -0.25) is 0 Å². The monoisotopic (exact) mass is 201 g/mol. The van der Waals surface area contributed by atoms with Crippen molar-refractivity contribution in [1.82, 2.24) is 0 Å². The first-order chi connectivity index (χ1) is 7.24. The molecule has 0 aliphatic rings. The molecule has 3 nitrogen and oxygen atoms in total. The van der Waals surface area contributed by atoms with Crippen molar-refractivity contribution in [3.63, 3.8) is 0 Å². The van der Waals surface area contributed by atoms with Crippen LogP contribution in [0.4, 0.5) is 0 Å². The molecule has 2 N–H and O–H groups in total. The van der Waals surface area contributed by atoms with Crippen LogP contribution in [0.2, 0.25) is 0 Å². The zero-order valence-electron chi connectivity index (χ0n) is 8.31. The van der Waals surface area contributed by atoms with E-state index in [0.717, 1.165) is 10.8 Å². The Kier molecular flexibility index (Phi) is 2.29. The zero-order valence-corrected chi connectivity index (χ0v) is 8.31. The highest BCUT2D eigenvalue weighted by molar-refractivity contribution is 6.05. The summed E-state index contributed by atoms with van der Waals surface area (Å²) in [4.78, 5) is 0. The molecule has 0 aliphatic carbocycles. The molecule has 0 bridgehead atoms. The van der Waals surface area contributed by atoms with E-state index < -0.39 is 0 Å². The Morgan fingerprint density at radius 3 is 2.60 bits per heavy atom. The fraction of sp³-hybridized carbons (Fsp3) is 0.0833. The van der Waals surface area contributed by atoms with Gasteiger partial charge in [0.2, 0.25) is 0 Å². The molecule has 15 heavy (non-hydrogen) atoms. The Bertz CT molecular complexity index is 532. The second kappa shape index (κ2) is 3.61. The minimum atomic E-state index is 0.156. The third-order valence-corrected chi connectivity index (χ3v) is 2.44. The van der Waals surface area contributed by atoms with Gasteiger partial charge in [-0.15, -0.1) is 0 Å². The predicted octanol–water partition coefficient (Wildman–Crippen LogP) is 2.74. The maximum absolute atomic E-state index is 9.96. The molecule has 2 aromatic carbocycles. The molecule has 76 valence electrons. The van der Waals surface area contributed by atoms with E-state index in [2.05, 4.69) is 5.16 Å². The number of oxime groups is 1. The quantitative estimate of drug-likeness (QED) is 0.423. The second-order valence-corrected chi connectivity index (χ2v) is 3.37. The summed E-state index contributed by atoms with van der Waals surface area (Å²) in [6.45, 7) is 1.64. The maximum Gasteiger partial charge on any atom is 0.132 e. The number of hydrogen-bond acceptors (Lipinski definition) is 3. The molecule has 0 aliphatic heterocycles. The Labute approximate surface area is 87.3 Å². The van der Waals surface area contributed by atoms with Gasteiger partial charge in [0.1, 0.15) is 5.75 Å². The summed E-state index contributed by atoms with van der Waals surface area (Å²) in [6, 6.07) is 11.2. The lowest BCUT2D eigenvalue weighted by Gasteiger charge is -2.06. The summed E-state index contributed by atoms with van der Waals surface area (Å²) in [5.74, 6) is 0.156. The highest BCUT2D eigenvalue weighted by Crippen LogP contribution is 2.28. The number of phenolic OH excluding ortho intramolecular Hbond substituents is 1. The summed E-state index contributed by atoms with van der Waals surface area (Å²) in [5.41, 5.74) is 0.953. The van der Waals surface area contributed by atoms with E-state index in [-0.39, 0.29) is 5.75 Å². The largest absolute Gasteiger partial charge is 0.507 e. The first-order valence-electron chi connectivity index (χ1n) is 4.64. The van der Waals surface area contributed by atoms with Gasteiger partial charge in [0.25, 0.3) is 0 Å². The first-order valence-corrected chi connectivity index (χ1v) is 4.64. The molecule has 0 saturated heterocycles. The third kappa shape index (κ3) is 1.52. The number of benzene rings is 2. The normalized spacial score (nSPS) is 11.9. The molecule has 0 fully saturated rings. The van der Waals surface area contributed by atoms with E-state index in [0.29, 0.717) is 11.3 Å². The molecular weight excluding hydrogens is 190 g/mol. The van der Waals surface area contributed by atoms with Crippen LogP contribution in [0.25, 0.3) is 10.8 Å². The fourth-order valence-electron chi connectivity index (χ4n) is 1.60. The van der Waals surface area contributed by atoms with Crippen LogP contribution < -0.4 is 0 Å². The third-order valence-electron chi connectivity index (χ3n) is 2.44. The number of fused-ring (bicyclic) bond motifs is 1. The Balaban J connectivity index is 2.76. The molecule has 0 atom stereocenters. The average Bonchev–Trinajstić information content (AvgIpc) is 2.29. The molecule has 0 aromatic heterocycles. The Morgan fingerprint density at radius 1 is 1.13 bits per heavy atom. The number of aromatic hydroxyl groups is 1. The van der Waals surface area contributed by atoms with Crippen molar-refractivity contribution in [1.29, 1.82) is 0 Å². The Hall–Kier alpha value is -2.03. The van der Waals surface area contributed by atoms with Crippen LogP contribution >= 0.6 is 0 Å². The summed E-state index contributed by atoms with van der Waals surface area (Å²) >= 11 is 0. The van der Waals surface area contributed by atoms with Crippen LogP contribution in [0, 0.1) is 0 Å². The van der Waals surface area contributed by atoms with Crippen molar-refractivity contribution in [2.45, 2.75) is 6.92 Å². The van der Waals surface area contributed by atoms with Crippen molar-refractivity contribution in [2.24, 2.45) is 5.16 Å². The van der Waals surface area contributed by atoms with E-state index in [1.54, 1.807) is 13.0 Å². The summed E-state index contributed by atoms with van der Waals surface area (Å²) in [5, 5.41) is 23.4. The average molecular weight is 201 g/mol. The van der Waals surface area contributed by atoms with Crippen LogP contribution in [0.1, 0.15) is 12.5 Å². The van der Waals surface area contributed by atoms with Crippen LogP contribution in [0.5, 0.6) is 5.75 Å². The number of hydrogen-bond donors (Lipinski definition) is 2. The van der Waals surface area contributed by atoms with Crippen molar-refractivity contribution >= 4 is 16.5 Å². The highest BCUT2D eigenvalue weighted by atomic mass is 16.4. The summed E-state index contributed by atoms with van der Waals surface area (Å²) in [6.07, 6.45) is 0. The molecule has 0 saturated carbocycles. The van der Waals surface area contributed by atoms with E-state index >= 15 is 0 Å². The Morgan fingerprint density at radius 2 is 1.87 bits per heavy atom. The summed E-state index contributed by atoms with van der Waals surface area (Å²) < 4.78 is 0. The standard InChI is InChI=1S/C12H11NO2/c1-8(13-15)10-7-6-9-4-2-3-5-11(9)12(10)14/h2-7,14-15H,1H3/b13-8-. The molecule has 0 radical (unpaired) electrons. The topological polar surface area (TPSA) is 52.8 Å². The lowest BCUT2D eigenvalue weighted by molar-refractivity contribution is 0.319. The zero-order chi connectivity index (χ0) is 10.8. The molecule has 2 aromatic rings. The van der Waals surface area contributed by atoms with Gasteiger partial charge in [0.15, 0.2) is 0 Å². The predicted molar refractivity (Wildman–Crippen MR) is 59.6 cm³/mol. The SMILES string of the molecule is C/C(=N/O)c1ccc2ccccc2c1O. The van der Waals surface area contributed by atoms with E-state index in [1.165, 1.54) is 0 Å². The van der Waals surface area contributed by atoms with Crippen molar-refractivity contribution in [2.75, 3.05) is 0 Å². The van der Waals surface area contributed by atoms with Gasteiger partial charge in [-0.1, -0.05) is 35.5 Å². The second-order valence-electron chi connectivity index (χ2n) is 3.37.